The van der Waals surface area contributed by atoms with Crippen LogP contribution in [-0.4, -0.2) is 129 Å². The molecule has 2 amide bonds. The van der Waals surface area contributed by atoms with Crippen LogP contribution in [0.3, 0.4) is 0 Å². The van der Waals surface area contributed by atoms with Crippen LogP contribution in [0.4, 0.5) is 5.82 Å². The number of aromatic nitrogens is 4. The minimum absolute atomic E-state index is 0.00759. The van der Waals surface area contributed by atoms with E-state index in [0.29, 0.717) is 18.7 Å². The van der Waals surface area contributed by atoms with Gasteiger partial charge in [-0.05, 0) is 19.4 Å². The Bertz CT molecular complexity index is 1800. The van der Waals surface area contributed by atoms with E-state index < -0.39 is 84.6 Å². The standard InChI is InChI=1S/C27H47N8O17P3S/c1-27(2,22(39)25(40)31-9-7-17(36)30-10-11-56-18(37)6-4-3-5-8-28)13-49-55(46,47)52-54(44,45)48-12-16-21(51-53(41,42)43)20(38)26(50-16)35-15-34-19-23(29)32-14-33-24(19)35/h14-16,20-22,26,38-39H,3-13,28H2,1-2H3,(H,30,36)(H,31,40)(H,44,45)(H,46,47)(H2,29,32,33)(H2,41,42,43)/t16-,20-,21-,22+,26-/m1/s1. The number of amides is 2. The fourth-order valence-electron chi connectivity index (χ4n) is 4.96. The summed E-state index contributed by atoms with van der Waals surface area (Å²) in [5, 5.41) is 26.4. The first-order valence-electron chi connectivity index (χ1n) is 16.8. The van der Waals surface area contributed by atoms with Gasteiger partial charge >= 0.3 is 23.5 Å². The topological polar surface area (TPSA) is 390 Å². The summed E-state index contributed by atoms with van der Waals surface area (Å²) in [6.07, 6.45) is -4.04. The molecule has 1 saturated heterocycles. The summed E-state index contributed by atoms with van der Waals surface area (Å²) >= 11 is 1.10. The molecular weight excluding hydrogens is 833 g/mol. The second kappa shape index (κ2) is 21.0. The van der Waals surface area contributed by atoms with E-state index in [4.69, 9.17) is 25.3 Å². The van der Waals surface area contributed by atoms with Gasteiger partial charge in [-0.15, -0.1) is 0 Å². The molecule has 56 heavy (non-hydrogen) atoms. The molecule has 0 spiro atoms. The Morgan fingerprint density at radius 1 is 1.02 bits per heavy atom. The van der Waals surface area contributed by atoms with Crippen molar-refractivity contribution < 1.29 is 80.5 Å². The van der Waals surface area contributed by atoms with Crippen molar-refractivity contribution in [1.82, 2.24) is 30.2 Å². The van der Waals surface area contributed by atoms with Gasteiger partial charge in [0.25, 0.3) is 0 Å². The van der Waals surface area contributed by atoms with E-state index in [0.717, 1.165) is 48.2 Å². The normalized spacial score (nSPS) is 21.7. The second-order valence-electron chi connectivity index (χ2n) is 12.9. The first kappa shape index (κ1) is 47.9. The number of hydrogen-bond donors (Lipinski definition) is 10. The molecule has 3 heterocycles. The number of phosphoric ester groups is 3. The number of anilines is 1. The summed E-state index contributed by atoms with van der Waals surface area (Å²) in [6.45, 7) is 1.08. The molecule has 0 aromatic carbocycles. The molecule has 318 valence electrons. The Kier molecular flexibility index (Phi) is 17.9. The van der Waals surface area contributed by atoms with Crippen LogP contribution in [0.1, 0.15) is 52.2 Å². The number of ether oxygens (including phenoxy) is 1. The largest absolute Gasteiger partial charge is 0.481 e. The van der Waals surface area contributed by atoms with Crippen LogP contribution in [0.15, 0.2) is 12.7 Å². The van der Waals surface area contributed by atoms with Crippen molar-refractivity contribution in [2.45, 2.75) is 76.6 Å². The van der Waals surface area contributed by atoms with Gasteiger partial charge in [0.15, 0.2) is 22.8 Å². The summed E-state index contributed by atoms with van der Waals surface area (Å²) in [5.74, 6) is -1.08. The van der Waals surface area contributed by atoms with Crippen molar-refractivity contribution in [2.75, 3.05) is 44.3 Å². The summed E-state index contributed by atoms with van der Waals surface area (Å²) in [5.41, 5.74) is 9.68. The Hall–Kier alpha value is -2.48. The zero-order valence-corrected chi connectivity index (χ0v) is 33.7. The second-order valence-corrected chi connectivity index (χ2v) is 18.3. The predicted molar refractivity (Wildman–Crippen MR) is 195 cm³/mol. The molecule has 1 aliphatic heterocycles. The van der Waals surface area contributed by atoms with Crippen LogP contribution < -0.4 is 22.1 Å². The highest BCUT2D eigenvalue weighted by Crippen LogP contribution is 2.61. The molecule has 0 bridgehead atoms. The highest BCUT2D eigenvalue weighted by Gasteiger charge is 2.50. The summed E-state index contributed by atoms with van der Waals surface area (Å²) in [6, 6.07) is 0. The zero-order chi connectivity index (χ0) is 41.9. The number of nitrogens with zero attached hydrogens (tertiary/aromatic N) is 4. The number of aliphatic hydroxyl groups excluding tert-OH is 2. The molecule has 1 fully saturated rings. The van der Waals surface area contributed by atoms with Gasteiger partial charge in [0.05, 0.1) is 19.5 Å². The molecule has 2 aromatic heterocycles. The SMILES string of the molecule is CC(C)(COP(=O)(O)OP(=O)(O)OC[C@H]1O[C@@H](n2cnc3c(N)ncnc32)[C@H](O)[C@@H]1OP(=O)(O)O)[C@@H](O)C(=O)NCCC(=O)NCCSC(=O)CCCCCN. The number of aliphatic hydroxyl groups is 2. The summed E-state index contributed by atoms with van der Waals surface area (Å²) in [7, 11) is -16.4. The molecule has 0 aliphatic carbocycles. The van der Waals surface area contributed by atoms with Crippen molar-refractivity contribution in [2.24, 2.45) is 11.1 Å². The quantitative estimate of drug-likeness (QED) is 0.0455. The molecular formula is C27H47N8O17P3S. The van der Waals surface area contributed by atoms with E-state index in [9.17, 15) is 57.9 Å². The minimum Gasteiger partial charge on any atom is -0.386 e. The highest BCUT2D eigenvalue weighted by atomic mass is 32.2. The number of phosphoric acid groups is 3. The van der Waals surface area contributed by atoms with Crippen LogP contribution >= 0.6 is 35.2 Å². The molecule has 25 nitrogen and oxygen atoms in total. The smallest absolute Gasteiger partial charge is 0.386 e. The number of fused-ring (bicyclic) bond motifs is 1. The Labute approximate surface area is 324 Å². The third kappa shape index (κ3) is 15.0. The number of nitrogens with one attached hydrogen (secondary N) is 2. The molecule has 0 radical (unpaired) electrons. The van der Waals surface area contributed by atoms with Crippen molar-refractivity contribution in [3.63, 3.8) is 0 Å². The van der Waals surface area contributed by atoms with E-state index in [1.807, 2.05) is 0 Å². The van der Waals surface area contributed by atoms with Gasteiger partial charge in [-0.2, -0.15) is 4.31 Å². The van der Waals surface area contributed by atoms with Crippen molar-refractivity contribution in [3.05, 3.63) is 12.7 Å². The molecule has 2 aromatic rings. The van der Waals surface area contributed by atoms with Crippen LogP contribution in [0.2, 0.25) is 0 Å². The van der Waals surface area contributed by atoms with Gasteiger partial charge in [-0.1, -0.05) is 32.0 Å². The van der Waals surface area contributed by atoms with Gasteiger partial charge in [0.1, 0.15) is 36.3 Å². The first-order chi connectivity index (χ1) is 26.1. The Morgan fingerprint density at radius 2 is 1.71 bits per heavy atom. The van der Waals surface area contributed by atoms with Gasteiger partial charge in [-0.3, -0.25) is 32.5 Å². The lowest BCUT2D eigenvalue weighted by Gasteiger charge is -2.30. The number of rotatable bonds is 24. The van der Waals surface area contributed by atoms with E-state index in [-0.39, 0.29) is 41.6 Å². The molecule has 1 aliphatic rings. The maximum atomic E-state index is 12.7. The lowest BCUT2D eigenvalue weighted by Crippen LogP contribution is -2.46. The summed E-state index contributed by atoms with van der Waals surface area (Å²) in [4.78, 5) is 87.4. The van der Waals surface area contributed by atoms with Gasteiger partial charge < -0.3 is 56.6 Å². The molecule has 0 saturated carbocycles. The van der Waals surface area contributed by atoms with E-state index in [1.165, 1.54) is 13.8 Å². The molecule has 12 N–H and O–H groups in total. The van der Waals surface area contributed by atoms with Crippen molar-refractivity contribution >= 4 is 69.1 Å². The van der Waals surface area contributed by atoms with E-state index in [2.05, 4.69) is 34.4 Å². The Balaban J connectivity index is 1.47. The van der Waals surface area contributed by atoms with Crippen molar-refractivity contribution in [1.29, 1.82) is 0 Å². The van der Waals surface area contributed by atoms with Crippen LogP contribution in [0.25, 0.3) is 11.2 Å². The minimum atomic E-state index is -5.57. The molecule has 7 atom stereocenters. The average molecular weight is 881 g/mol. The maximum absolute atomic E-state index is 12.7. The molecule has 3 rings (SSSR count). The van der Waals surface area contributed by atoms with E-state index in [1.54, 1.807) is 0 Å². The lowest BCUT2D eigenvalue weighted by molar-refractivity contribution is -0.137. The van der Waals surface area contributed by atoms with Gasteiger partial charge in [0.2, 0.25) is 11.8 Å². The highest BCUT2D eigenvalue weighted by molar-refractivity contribution is 8.13. The zero-order valence-electron chi connectivity index (χ0n) is 30.2. The number of unbranched alkanes of at least 4 members (excludes halogenated alkanes) is 2. The number of carbonyl (C=O) groups is 3. The third-order valence-corrected chi connectivity index (χ3v) is 11.9. The number of imidazole rings is 1. The van der Waals surface area contributed by atoms with Crippen LogP contribution in [0, 0.1) is 5.41 Å². The van der Waals surface area contributed by atoms with Crippen LogP contribution in [0.5, 0.6) is 0 Å². The lowest BCUT2D eigenvalue weighted by atomic mass is 9.87. The van der Waals surface area contributed by atoms with Crippen LogP contribution in [-0.2, 0) is 50.7 Å². The predicted octanol–water partition coefficient (Wildman–Crippen LogP) is -0.816. The fraction of sp³-hybridized carbons (Fsp3) is 0.704. The number of nitrogens with two attached hydrogens (primary N) is 2. The van der Waals surface area contributed by atoms with Gasteiger partial charge in [-0.25, -0.2) is 28.6 Å². The fourth-order valence-corrected chi connectivity index (χ4v) is 8.51. The van der Waals surface area contributed by atoms with Gasteiger partial charge in [0, 0.05) is 37.1 Å². The number of carbonyl (C=O) groups excluding carboxylic acids is 3. The van der Waals surface area contributed by atoms with Crippen molar-refractivity contribution in [3.8, 4) is 0 Å². The average Bonchev–Trinajstić information content (AvgIpc) is 3.66. The molecule has 29 heteroatoms. The maximum Gasteiger partial charge on any atom is 0.481 e. The number of hydrogen-bond acceptors (Lipinski definition) is 19. The Morgan fingerprint density at radius 3 is 2.39 bits per heavy atom. The number of thioether (sulfide) groups is 1. The molecule has 2 unspecified atom stereocenters. The summed E-state index contributed by atoms with van der Waals surface area (Å²) < 4.78 is 62.1. The third-order valence-electron chi connectivity index (χ3n) is 7.85. The number of nitrogen functional groups attached to an aromatic ring is 1. The monoisotopic (exact) mass is 880 g/mol. The first-order valence-corrected chi connectivity index (χ1v) is 22.3. The van der Waals surface area contributed by atoms with E-state index >= 15 is 0 Å².